The van der Waals surface area contributed by atoms with Crippen molar-refractivity contribution in [3.63, 3.8) is 0 Å². The van der Waals surface area contributed by atoms with Gasteiger partial charge >= 0.3 is 11.9 Å². The number of esters is 2. The molecule has 0 heterocycles. The van der Waals surface area contributed by atoms with Crippen molar-refractivity contribution in [2.24, 2.45) is 0 Å². The Bertz CT molecular complexity index is 922. The maximum absolute atomic E-state index is 12.7. The quantitative estimate of drug-likeness (QED) is 0.203. The molecule has 0 amide bonds. The fraction of sp³-hybridized carbons (Fsp3) is 0.273. The number of ether oxygens (including phenoxy) is 3. The number of carbonyl (C=O) groups is 2. The number of rotatable bonds is 9. The zero-order chi connectivity index (χ0) is 22.1. The molecule has 0 aliphatic carbocycles. The van der Waals surface area contributed by atoms with E-state index < -0.39 is 41.2 Å². The van der Waals surface area contributed by atoms with Crippen molar-refractivity contribution in [2.75, 3.05) is 13.7 Å². The minimum Gasteiger partial charge on any atom is -0.496 e. The molecule has 0 saturated carbocycles. The van der Waals surface area contributed by atoms with Crippen LogP contribution in [0, 0.1) is 10.1 Å². The molecule has 0 aromatic heterocycles. The highest BCUT2D eigenvalue weighted by atomic mass is 16.6. The molecule has 8 heteroatoms. The van der Waals surface area contributed by atoms with Gasteiger partial charge in [-0.15, -0.1) is 0 Å². The van der Waals surface area contributed by atoms with Crippen LogP contribution in [0.25, 0.3) is 0 Å². The Kier molecular flexibility index (Phi) is 8.10. The third-order valence-electron chi connectivity index (χ3n) is 4.00. The summed E-state index contributed by atoms with van der Waals surface area (Å²) in [5.74, 6) is -2.69. The van der Waals surface area contributed by atoms with Crippen molar-refractivity contribution >= 4 is 11.9 Å². The van der Waals surface area contributed by atoms with Crippen LogP contribution in [0.2, 0.25) is 0 Å². The Hall–Kier alpha value is -3.68. The van der Waals surface area contributed by atoms with E-state index in [2.05, 4.69) is 0 Å². The van der Waals surface area contributed by atoms with E-state index in [9.17, 15) is 19.7 Å². The van der Waals surface area contributed by atoms with Gasteiger partial charge in [0, 0.05) is 4.92 Å². The molecule has 0 unspecified atom stereocenters. The standard InChI is InChI=1S/C22H23NO7/c1-15(2)29-22(25)20(30-21(24)18-11-7-8-12-19(18)28-3)13-17(14-23(26)27)16-9-5-4-6-10-16/h4-13,15,17H,14H2,1-3H3/b20-13-/t17-/m0/s1. The summed E-state index contributed by atoms with van der Waals surface area (Å²) < 4.78 is 15.6. The SMILES string of the molecule is COc1ccccc1C(=O)O/C(=C\[C@@H](C[N+](=O)[O-])c1ccccc1)C(=O)OC(C)C. The fourth-order valence-corrected chi connectivity index (χ4v) is 2.68. The molecular formula is C22H23NO7. The van der Waals surface area contributed by atoms with Crippen LogP contribution >= 0.6 is 0 Å². The second-order valence-corrected chi connectivity index (χ2v) is 6.61. The maximum atomic E-state index is 12.7. The van der Waals surface area contributed by atoms with Gasteiger partial charge < -0.3 is 14.2 Å². The van der Waals surface area contributed by atoms with Gasteiger partial charge in [0.1, 0.15) is 11.3 Å². The minimum absolute atomic E-state index is 0.105. The van der Waals surface area contributed by atoms with Crippen LogP contribution in [0.1, 0.15) is 35.7 Å². The first kappa shape index (κ1) is 22.6. The summed E-state index contributed by atoms with van der Waals surface area (Å²) >= 11 is 0. The van der Waals surface area contributed by atoms with Gasteiger partial charge in [-0.2, -0.15) is 0 Å². The summed E-state index contributed by atoms with van der Waals surface area (Å²) in [5, 5.41) is 11.2. The largest absolute Gasteiger partial charge is 0.496 e. The van der Waals surface area contributed by atoms with Crippen LogP contribution in [0.5, 0.6) is 5.75 Å². The first-order valence-electron chi connectivity index (χ1n) is 9.26. The molecule has 1 atom stereocenters. The second kappa shape index (κ2) is 10.8. The Morgan fingerprint density at radius 1 is 1.07 bits per heavy atom. The van der Waals surface area contributed by atoms with E-state index in [1.54, 1.807) is 62.4 Å². The fourth-order valence-electron chi connectivity index (χ4n) is 2.68. The van der Waals surface area contributed by atoms with Crippen molar-refractivity contribution in [2.45, 2.75) is 25.9 Å². The van der Waals surface area contributed by atoms with Crippen molar-refractivity contribution in [3.8, 4) is 5.75 Å². The van der Waals surface area contributed by atoms with E-state index in [0.29, 0.717) is 5.56 Å². The highest BCUT2D eigenvalue weighted by Gasteiger charge is 2.25. The molecule has 30 heavy (non-hydrogen) atoms. The zero-order valence-electron chi connectivity index (χ0n) is 16.9. The number of nitro groups is 1. The Morgan fingerprint density at radius 2 is 1.70 bits per heavy atom. The van der Waals surface area contributed by atoms with Gasteiger partial charge in [0.15, 0.2) is 0 Å². The smallest absolute Gasteiger partial charge is 0.374 e. The number of para-hydroxylation sites is 1. The molecule has 2 aromatic carbocycles. The third-order valence-corrected chi connectivity index (χ3v) is 4.00. The molecule has 2 aromatic rings. The Morgan fingerprint density at radius 3 is 2.30 bits per heavy atom. The number of carbonyl (C=O) groups excluding carboxylic acids is 2. The lowest BCUT2D eigenvalue weighted by Crippen LogP contribution is -2.20. The predicted molar refractivity (Wildman–Crippen MR) is 109 cm³/mol. The molecule has 0 spiro atoms. The molecule has 0 aliphatic rings. The third kappa shape index (κ3) is 6.44. The first-order valence-corrected chi connectivity index (χ1v) is 9.26. The lowest BCUT2D eigenvalue weighted by atomic mass is 9.98. The predicted octanol–water partition coefficient (Wildman–Crippen LogP) is 3.75. The molecule has 0 saturated heterocycles. The number of nitrogens with zero attached hydrogens (tertiary/aromatic N) is 1. The lowest BCUT2D eigenvalue weighted by Gasteiger charge is -2.15. The zero-order valence-corrected chi connectivity index (χ0v) is 16.9. The monoisotopic (exact) mass is 413 g/mol. The summed E-state index contributed by atoms with van der Waals surface area (Å²) in [7, 11) is 1.40. The normalized spacial score (nSPS) is 12.2. The summed E-state index contributed by atoms with van der Waals surface area (Å²) in [6.07, 6.45) is 0.771. The van der Waals surface area contributed by atoms with Crippen LogP contribution < -0.4 is 4.74 Å². The van der Waals surface area contributed by atoms with E-state index in [-0.39, 0.29) is 11.3 Å². The maximum Gasteiger partial charge on any atom is 0.374 e. The van der Waals surface area contributed by atoms with Gasteiger partial charge in [0.2, 0.25) is 12.3 Å². The van der Waals surface area contributed by atoms with E-state index >= 15 is 0 Å². The second-order valence-electron chi connectivity index (χ2n) is 6.61. The van der Waals surface area contributed by atoms with Crippen LogP contribution in [0.15, 0.2) is 66.4 Å². The van der Waals surface area contributed by atoms with E-state index in [4.69, 9.17) is 14.2 Å². The van der Waals surface area contributed by atoms with E-state index in [0.717, 1.165) is 0 Å². The average molecular weight is 413 g/mol. The topological polar surface area (TPSA) is 105 Å². The van der Waals surface area contributed by atoms with Crippen LogP contribution in [0.3, 0.4) is 0 Å². The molecular weight excluding hydrogens is 390 g/mol. The lowest BCUT2D eigenvalue weighted by molar-refractivity contribution is -0.481. The van der Waals surface area contributed by atoms with Crippen molar-refractivity contribution in [1.29, 1.82) is 0 Å². The van der Waals surface area contributed by atoms with Gasteiger partial charge in [-0.25, -0.2) is 9.59 Å². The summed E-state index contributed by atoms with van der Waals surface area (Å²) in [6, 6.07) is 15.0. The average Bonchev–Trinajstić information content (AvgIpc) is 2.72. The van der Waals surface area contributed by atoms with Crippen LogP contribution in [-0.4, -0.2) is 36.6 Å². The minimum atomic E-state index is -0.891. The molecule has 0 fully saturated rings. The molecule has 2 rings (SSSR count). The van der Waals surface area contributed by atoms with Crippen molar-refractivity contribution < 1.29 is 28.7 Å². The molecule has 0 N–H and O–H groups in total. The summed E-state index contributed by atoms with van der Waals surface area (Å²) in [6.45, 7) is 2.79. The molecule has 158 valence electrons. The molecule has 0 aliphatic heterocycles. The van der Waals surface area contributed by atoms with Gasteiger partial charge in [0.05, 0.1) is 19.1 Å². The number of methoxy groups -OCH3 is 1. The number of benzene rings is 2. The summed E-state index contributed by atoms with van der Waals surface area (Å²) in [5.41, 5.74) is 0.700. The molecule has 0 radical (unpaired) electrons. The van der Waals surface area contributed by atoms with E-state index in [1.165, 1.54) is 19.3 Å². The molecule has 0 bridgehead atoms. The van der Waals surface area contributed by atoms with Crippen LogP contribution in [0.4, 0.5) is 0 Å². The van der Waals surface area contributed by atoms with Gasteiger partial charge in [-0.05, 0) is 37.6 Å². The van der Waals surface area contributed by atoms with E-state index in [1.807, 2.05) is 0 Å². The molecule has 8 nitrogen and oxygen atoms in total. The number of hydrogen-bond donors (Lipinski definition) is 0. The number of hydrogen-bond acceptors (Lipinski definition) is 7. The van der Waals surface area contributed by atoms with Crippen molar-refractivity contribution in [3.05, 3.63) is 87.7 Å². The first-order chi connectivity index (χ1) is 14.3. The van der Waals surface area contributed by atoms with Gasteiger partial charge in [0.25, 0.3) is 0 Å². The van der Waals surface area contributed by atoms with Crippen molar-refractivity contribution in [1.82, 2.24) is 0 Å². The van der Waals surface area contributed by atoms with Gasteiger partial charge in [-0.3, -0.25) is 10.1 Å². The van der Waals surface area contributed by atoms with Gasteiger partial charge in [-0.1, -0.05) is 42.5 Å². The summed E-state index contributed by atoms with van der Waals surface area (Å²) in [4.78, 5) is 35.9. The van der Waals surface area contributed by atoms with Crippen LogP contribution in [-0.2, 0) is 14.3 Å². The Labute approximate surface area is 174 Å². The highest BCUT2D eigenvalue weighted by Crippen LogP contribution is 2.23. The Balaban J connectivity index is 2.43. The highest BCUT2D eigenvalue weighted by molar-refractivity contribution is 5.97.